The van der Waals surface area contributed by atoms with Crippen molar-refractivity contribution in [2.24, 2.45) is 0 Å². The Morgan fingerprint density at radius 1 is 1.45 bits per heavy atom. The molecule has 0 saturated carbocycles. The third kappa shape index (κ3) is 1.90. The lowest BCUT2D eigenvalue weighted by Crippen LogP contribution is -2.52. The maximum absolute atomic E-state index is 9.46. The zero-order chi connectivity index (χ0) is 8.43. The van der Waals surface area contributed by atoms with Crippen molar-refractivity contribution in [1.82, 2.24) is 5.32 Å². The highest BCUT2D eigenvalue weighted by molar-refractivity contribution is 4.84. The second-order valence-electron chi connectivity index (χ2n) is 2.92. The molecule has 0 bridgehead atoms. The molecular formula is C7H15NO3. The Labute approximate surface area is 66.2 Å². The SMILES string of the molecule is CNC1CC(O)O[C@@H](C)C1O. The maximum Gasteiger partial charge on any atom is 0.156 e. The van der Waals surface area contributed by atoms with E-state index < -0.39 is 12.4 Å². The fourth-order valence-corrected chi connectivity index (χ4v) is 1.36. The number of likely N-dealkylation sites (N-methyl/N-ethyl adjacent to an activating group) is 1. The van der Waals surface area contributed by atoms with Gasteiger partial charge in [0.25, 0.3) is 0 Å². The molecule has 0 aromatic rings. The van der Waals surface area contributed by atoms with Gasteiger partial charge in [-0.25, -0.2) is 0 Å². The Morgan fingerprint density at radius 2 is 2.09 bits per heavy atom. The minimum Gasteiger partial charge on any atom is -0.389 e. The molecule has 0 amide bonds. The lowest BCUT2D eigenvalue weighted by Gasteiger charge is -2.35. The average Bonchev–Trinajstić information content (AvgIpc) is 1.96. The van der Waals surface area contributed by atoms with E-state index in [9.17, 15) is 5.11 Å². The van der Waals surface area contributed by atoms with Gasteiger partial charge in [0, 0.05) is 12.5 Å². The summed E-state index contributed by atoms with van der Waals surface area (Å²) in [6, 6.07) is -0.0613. The Balaban J connectivity index is 2.51. The van der Waals surface area contributed by atoms with Crippen LogP contribution < -0.4 is 5.32 Å². The molecule has 1 saturated heterocycles. The second kappa shape index (κ2) is 3.49. The van der Waals surface area contributed by atoms with Crippen LogP contribution in [0.2, 0.25) is 0 Å². The van der Waals surface area contributed by atoms with Crippen LogP contribution in [0, 0.1) is 0 Å². The third-order valence-electron chi connectivity index (χ3n) is 2.09. The molecule has 4 atom stereocenters. The Hall–Kier alpha value is -0.160. The van der Waals surface area contributed by atoms with E-state index in [1.165, 1.54) is 0 Å². The topological polar surface area (TPSA) is 61.7 Å². The summed E-state index contributed by atoms with van der Waals surface area (Å²) in [6.07, 6.45) is -1.12. The lowest BCUT2D eigenvalue weighted by molar-refractivity contribution is -0.201. The lowest BCUT2D eigenvalue weighted by atomic mass is 10.0. The first-order chi connectivity index (χ1) is 5.15. The summed E-state index contributed by atoms with van der Waals surface area (Å²) in [4.78, 5) is 0. The third-order valence-corrected chi connectivity index (χ3v) is 2.09. The van der Waals surface area contributed by atoms with E-state index in [0.29, 0.717) is 6.42 Å². The molecule has 3 unspecified atom stereocenters. The fourth-order valence-electron chi connectivity index (χ4n) is 1.36. The molecular weight excluding hydrogens is 146 g/mol. The highest BCUT2D eigenvalue weighted by Crippen LogP contribution is 2.17. The van der Waals surface area contributed by atoms with E-state index in [4.69, 9.17) is 9.84 Å². The van der Waals surface area contributed by atoms with E-state index in [-0.39, 0.29) is 12.1 Å². The molecule has 11 heavy (non-hydrogen) atoms. The highest BCUT2D eigenvalue weighted by Gasteiger charge is 2.33. The summed E-state index contributed by atoms with van der Waals surface area (Å²) in [5.41, 5.74) is 0. The Bertz CT molecular complexity index is 131. The van der Waals surface area contributed by atoms with Crippen LogP contribution in [0.3, 0.4) is 0 Å². The quantitative estimate of drug-likeness (QED) is 0.464. The van der Waals surface area contributed by atoms with Crippen LogP contribution in [0.15, 0.2) is 0 Å². The van der Waals surface area contributed by atoms with Crippen molar-refractivity contribution in [1.29, 1.82) is 0 Å². The number of ether oxygens (including phenoxy) is 1. The minimum atomic E-state index is -0.745. The van der Waals surface area contributed by atoms with Crippen LogP contribution in [0.1, 0.15) is 13.3 Å². The molecule has 0 aliphatic carbocycles. The molecule has 0 aromatic carbocycles. The van der Waals surface area contributed by atoms with Gasteiger partial charge in [0.05, 0.1) is 12.2 Å². The molecule has 4 nitrogen and oxygen atoms in total. The number of rotatable bonds is 1. The zero-order valence-corrected chi connectivity index (χ0v) is 6.82. The molecule has 0 spiro atoms. The molecule has 3 N–H and O–H groups in total. The first kappa shape index (κ1) is 8.93. The van der Waals surface area contributed by atoms with Gasteiger partial charge in [0.15, 0.2) is 6.29 Å². The van der Waals surface area contributed by atoms with Gasteiger partial charge in [-0.3, -0.25) is 0 Å². The number of nitrogens with one attached hydrogen (secondary N) is 1. The average molecular weight is 161 g/mol. The summed E-state index contributed by atoms with van der Waals surface area (Å²) in [6.45, 7) is 1.75. The van der Waals surface area contributed by atoms with E-state index in [1.54, 1.807) is 14.0 Å². The van der Waals surface area contributed by atoms with E-state index in [1.807, 2.05) is 0 Å². The molecule has 1 fully saturated rings. The van der Waals surface area contributed by atoms with Gasteiger partial charge in [-0.1, -0.05) is 0 Å². The van der Waals surface area contributed by atoms with E-state index in [0.717, 1.165) is 0 Å². The molecule has 0 radical (unpaired) electrons. The monoisotopic (exact) mass is 161 g/mol. The minimum absolute atomic E-state index is 0.0613. The van der Waals surface area contributed by atoms with Gasteiger partial charge in [0.2, 0.25) is 0 Å². The van der Waals surface area contributed by atoms with Crippen LogP contribution in [0.25, 0.3) is 0 Å². The van der Waals surface area contributed by atoms with Crippen LogP contribution >= 0.6 is 0 Å². The van der Waals surface area contributed by atoms with Crippen LogP contribution in [-0.2, 0) is 4.74 Å². The van der Waals surface area contributed by atoms with E-state index in [2.05, 4.69) is 5.32 Å². The van der Waals surface area contributed by atoms with Gasteiger partial charge in [-0.15, -0.1) is 0 Å². The smallest absolute Gasteiger partial charge is 0.156 e. The fraction of sp³-hybridized carbons (Fsp3) is 1.00. The zero-order valence-electron chi connectivity index (χ0n) is 6.82. The highest BCUT2D eigenvalue weighted by atomic mass is 16.6. The Kier molecular flexibility index (Phi) is 2.84. The molecule has 1 aliphatic rings. The molecule has 1 heterocycles. The predicted molar refractivity (Wildman–Crippen MR) is 40.0 cm³/mol. The molecule has 1 aliphatic heterocycles. The number of hydrogen-bond donors (Lipinski definition) is 3. The maximum atomic E-state index is 9.46. The van der Waals surface area contributed by atoms with Crippen LogP contribution in [-0.4, -0.2) is 41.8 Å². The van der Waals surface area contributed by atoms with E-state index >= 15 is 0 Å². The van der Waals surface area contributed by atoms with Crippen molar-refractivity contribution in [3.8, 4) is 0 Å². The van der Waals surface area contributed by atoms with Crippen molar-refractivity contribution >= 4 is 0 Å². The Morgan fingerprint density at radius 3 is 2.64 bits per heavy atom. The first-order valence-corrected chi connectivity index (χ1v) is 3.84. The number of hydrogen-bond acceptors (Lipinski definition) is 4. The summed E-state index contributed by atoms with van der Waals surface area (Å²) in [7, 11) is 1.76. The normalized spacial score (nSPS) is 45.8. The van der Waals surface area contributed by atoms with Crippen molar-refractivity contribution < 1.29 is 14.9 Å². The predicted octanol–water partition coefficient (Wildman–Crippen LogP) is -0.938. The summed E-state index contributed by atoms with van der Waals surface area (Å²) < 4.78 is 5.00. The van der Waals surface area contributed by atoms with Crippen molar-refractivity contribution in [3.05, 3.63) is 0 Å². The molecule has 66 valence electrons. The van der Waals surface area contributed by atoms with Gasteiger partial charge in [0.1, 0.15) is 0 Å². The molecule has 4 heteroatoms. The van der Waals surface area contributed by atoms with Crippen LogP contribution in [0.5, 0.6) is 0 Å². The number of aliphatic hydroxyl groups is 2. The van der Waals surface area contributed by atoms with Crippen molar-refractivity contribution in [2.75, 3.05) is 7.05 Å². The van der Waals surface area contributed by atoms with Crippen molar-refractivity contribution in [2.45, 2.75) is 37.9 Å². The van der Waals surface area contributed by atoms with Gasteiger partial charge < -0.3 is 20.3 Å². The molecule has 1 rings (SSSR count). The number of aliphatic hydroxyl groups excluding tert-OH is 2. The standard InChI is InChI=1S/C7H15NO3/c1-4-7(10)5(8-2)3-6(9)11-4/h4-10H,3H2,1-2H3/t4-,5?,6?,7?/m0/s1. The van der Waals surface area contributed by atoms with Crippen molar-refractivity contribution in [3.63, 3.8) is 0 Å². The van der Waals surface area contributed by atoms with Crippen LogP contribution in [0.4, 0.5) is 0 Å². The summed E-state index contributed by atoms with van der Waals surface area (Å²) in [5.74, 6) is 0. The van der Waals surface area contributed by atoms with Gasteiger partial charge >= 0.3 is 0 Å². The van der Waals surface area contributed by atoms with Gasteiger partial charge in [-0.05, 0) is 14.0 Å². The largest absolute Gasteiger partial charge is 0.389 e. The summed E-state index contributed by atoms with van der Waals surface area (Å²) >= 11 is 0. The summed E-state index contributed by atoms with van der Waals surface area (Å²) in [5, 5.41) is 21.5. The van der Waals surface area contributed by atoms with Gasteiger partial charge in [-0.2, -0.15) is 0 Å². The first-order valence-electron chi connectivity index (χ1n) is 3.84. The molecule has 0 aromatic heterocycles. The second-order valence-corrected chi connectivity index (χ2v) is 2.92.